The van der Waals surface area contributed by atoms with E-state index >= 15 is 0 Å². The summed E-state index contributed by atoms with van der Waals surface area (Å²) >= 11 is 0. The van der Waals surface area contributed by atoms with Crippen molar-refractivity contribution in [2.75, 3.05) is 5.32 Å². The summed E-state index contributed by atoms with van der Waals surface area (Å²) in [6, 6.07) is 16.1. The molecule has 0 fully saturated rings. The van der Waals surface area contributed by atoms with Crippen LogP contribution in [0.1, 0.15) is 74.3 Å². The number of hydrogen-bond donors (Lipinski definition) is 1. The van der Waals surface area contributed by atoms with E-state index < -0.39 is 0 Å². The summed E-state index contributed by atoms with van der Waals surface area (Å²) in [7, 11) is 0. The lowest BCUT2D eigenvalue weighted by molar-refractivity contribution is 0.101. The number of benzene rings is 2. The van der Waals surface area contributed by atoms with Crippen molar-refractivity contribution < 1.29 is 9.18 Å². The minimum atomic E-state index is -0.284. The molecule has 1 aromatic heterocycles. The van der Waals surface area contributed by atoms with Gasteiger partial charge in [-0.2, -0.15) is 5.10 Å². The number of halogens is 1. The van der Waals surface area contributed by atoms with E-state index in [-0.39, 0.29) is 17.1 Å². The minimum Gasteiger partial charge on any atom is -0.321 e. The van der Waals surface area contributed by atoms with E-state index in [4.69, 9.17) is 0 Å². The van der Waals surface area contributed by atoms with Gasteiger partial charge in [0, 0.05) is 11.1 Å². The number of aromatic nitrogens is 2. The van der Waals surface area contributed by atoms with Crippen LogP contribution in [-0.2, 0) is 12.0 Å². The summed E-state index contributed by atoms with van der Waals surface area (Å²) in [6.07, 6.45) is 1.07. The number of carbonyl (C=O) groups excluding carboxylic acids is 1. The number of rotatable bonds is 6. The highest BCUT2D eigenvalue weighted by Gasteiger charge is 2.23. The third-order valence-corrected chi connectivity index (χ3v) is 5.38. The van der Waals surface area contributed by atoms with Crippen LogP contribution < -0.4 is 5.32 Å². The van der Waals surface area contributed by atoms with Crippen molar-refractivity contribution in [2.24, 2.45) is 0 Å². The first kappa shape index (κ1) is 21.8. The zero-order valence-corrected chi connectivity index (χ0v) is 18.4. The van der Waals surface area contributed by atoms with Gasteiger partial charge in [0.05, 0.1) is 12.2 Å². The maximum atomic E-state index is 13.3. The van der Waals surface area contributed by atoms with Gasteiger partial charge in [0.15, 0.2) is 0 Å². The molecule has 0 aliphatic heterocycles. The Balaban J connectivity index is 1.86. The Morgan fingerprint density at radius 3 is 2.30 bits per heavy atom. The van der Waals surface area contributed by atoms with E-state index in [0.29, 0.717) is 18.2 Å². The highest BCUT2D eigenvalue weighted by Crippen LogP contribution is 2.24. The summed E-state index contributed by atoms with van der Waals surface area (Å²) in [5.41, 5.74) is 4.01. The third-order valence-electron chi connectivity index (χ3n) is 5.38. The van der Waals surface area contributed by atoms with E-state index in [1.54, 1.807) is 16.8 Å². The first-order chi connectivity index (χ1) is 14.2. The van der Waals surface area contributed by atoms with Gasteiger partial charge in [0.2, 0.25) is 0 Å². The highest BCUT2D eigenvalue weighted by atomic mass is 19.1. The van der Waals surface area contributed by atoms with Gasteiger partial charge in [0.1, 0.15) is 11.5 Å². The molecule has 30 heavy (non-hydrogen) atoms. The number of amides is 1. The Kier molecular flexibility index (Phi) is 6.40. The van der Waals surface area contributed by atoms with Crippen LogP contribution in [0.15, 0.2) is 54.6 Å². The van der Waals surface area contributed by atoms with E-state index in [0.717, 1.165) is 23.4 Å². The second-order valence-electron chi connectivity index (χ2n) is 8.83. The molecule has 1 heterocycles. The summed E-state index contributed by atoms with van der Waals surface area (Å²) in [5.74, 6) is -0.00830. The monoisotopic (exact) mass is 407 g/mol. The largest absolute Gasteiger partial charge is 0.321 e. The lowest BCUT2D eigenvalue weighted by Crippen LogP contribution is -2.18. The van der Waals surface area contributed by atoms with Crippen LogP contribution in [0.5, 0.6) is 0 Å². The van der Waals surface area contributed by atoms with Crippen molar-refractivity contribution in [1.29, 1.82) is 0 Å². The fraction of sp³-hybridized carbons (Fsp3) is 0.360. The molecule has 1 unspecified atom stereocenters. The smallest absolute Gasteiger partial charge is 0.273 e. The molecule has 0 bridgehead atoms. The lowest BCUT2D eigenvalue weighted by atomic mass is 9.92. The average Bonchev–Trinajstić information content (AvgIpc) is 3.14. The second kappa shape index (κ2) is 8.82. The quantitative estimate of drug-likeness (QED) is 0.534. The van der Waals surface area contributed by atoms with Crippen molar-refractivity contribution in [3.05, 3.63) is 82.9 Å². The standard InChI is InChI=1S/C25H30FN3O/c1-6-17(2)19-9-13-21(14-10-19)27-24(30)22-15-23(25(3,4)5)28-29(22)16-18-7-11-20(26)12-8-18/h7-15,17H,6,16H2,1-5H3,(H,27,30). The van der Waals surface area contributed by atoms with Crippen LogP contribution in [0.3, 0.4) is 0 Å². The van der Waals surface area contributed by atoms with E-state index in [1.807, 2.05) is 18.2 Å². The molecule has 0 aliphatic rings. The molecule has 0 aliphatic carbocycles. The Morgan fingerprint density at radius 1 is 1.10 bits per heavy atom. The molecule has 2 aromatic carbocycles. The second-order valence-corrected chi connectivity index (χ2v) is 8.83. The van der Waals surface area contributed by atoms with Crippen molar-refractivity contribution >= 4 is 11.6 Å². The maximum absolute atomic E-state index is 13.3. The highest BCUT2D eigenvalue weighted by molar-refractivity contribution is 6.03. The summed E-state index contributed by atoms with van der Waals surface area (Å²) in [4.78, 5) is 13.1. The van der Waals surface area contributed by atoms with Crippen LogP contribution in [0.25, 0.3) is 0 Å². The van der Waals surface area contributed by atoms with Gasteiger partial charge in [0.25, 0.3) is 5.91 Å². The Morgan fingerprint density at radius 2 is 1.73 bits per heavy atom. The van der Waals surface area contributed by atoms with E-state index in [2.05, 4.69) is 57.2 Å². The van der Waals surface area contributed by atoms with Gasteiger partial charge >= 0.3 is 0 Å². The zero-order valence-electron chi connectivity index (χ0n) is 18.4. The van der Waals surface area contributed by atoms with Crippen LogP contribution in [0.4, 0.5) is 10.1 Å². The predicted octanol–water partition coefficient (Wildman–Crippen LogP) is 6.13. The van der Waals surface area contributed by atoms with Crippen molar-refractivity contribution in [3.63, 3.8) is 0 Å². The van der Waals surface area contributed by atoms with Crippen molar-refractivity contribution in [2.45, 2.75) is 58.9 Å². The molecule has 0 spiro atoms. The molecule has 4 nitrogen and oxygen atoms in total. The zero-order chi connectivity index (χ0) is 21.9. The van der Waals surface area contributed by atoms with Crippen molar-refractivity contribution in [1.82, 2.24) is 9.78 Å². The first-order valence-electron chi connectivity index (χ1n) is 10.4. The van der Waals surface area contributed by atoms with Gasteiger partial charge in [-0.15, -0.1) is 0 Å². The molecule has 3 rings (SSSR count). The predicted molar refractivity (Wildman–Crippen MR) is 120 cm³/mol. The molecule has 1 atom stereocenters. The molecule has 0 saturated carbocycles. The molecular formula is C25H30FN3O. The van der Waals surface area contributed by atoms with Crippen LogP contribution >= 0.6 is 0 Å². The molecular weight excluding hydrogens is 377 g/mol. The topological polar surface area (TPSA) is 46.9 Å². The number of anilines is 1. The Bertz CT molecular complexity index is 998. The fourth-order valence-corrected chi connectivity index (χ4v) is 3.18. The molecule has 0 saturated heterocycles. The molecule has 158 valence electrons. The summed E-state index contributed by atoms with van der Waals surface area (Å²) in [6.45, 7) is 10.9. The van der Waals surface area contributed by atoms with Gasteiger partial charge in [-0.25, -0.2) is 4.39 Å². The number of nitrogens with zero attached hydrogens (tertiary/aromatic N) is 2. The van der Waals surface area contributed by atoms with Gasteiger partial charge in [-0.3, -0.25) is 9.48 Å². The molecule has 5 heteroatoms. The lowest BCUT2D eigenvalue weighted by Gasteiger charge is -2.14. The van der Waals surface area contributed by atoms with Gasteiger partial charge in [-0.1, -0.05) is 58.9 Å². The SMILES string of the molecule is CCC(C)c1ccc(NC(=O)c2cc(C(C)(C)C)nn2Cc2ccc(F)cc2)cc1. The van der Waals surface area contributed by atoms with Crippen LogP contribution in [0.2, 0.25) is 0 Å². The third kappa shape index (κ3) is 5.15. The molecule has 1 amide bonds. The molecule has 3 aromatic rings. The number of nitrogens with one attached hydrogen (secondary N) is 1. The summed E-state index contributed by atoms with van der Waals surface area (Å²) < 4.78 is 14.9. The average molecular weight is 408 g/mol. The molecule has 1 N–H and O–H groups in total. The van der Waals surface area contributed by atoms with Gasteiger partial charge in [-0.05, 0) is 53.8 Å². The van der Waals surface area contributed by atoms with Crippen LogP contribution in [-0.4, -0.2) is 15.7 Å². The Hall–Kier alpha value is -2.95. The summed E-state index contributed by atoms with van der Waals surface area (Å²) in [5, 5.41) is 7.66. The van der Waals surface area contributed by atoms with E-state index in [1.165, 1.54) is 17.7 Å². The van der Waals surface area contributed by atoms with Gasteiger partial charge < -0.3 is 5.32 Å². The normalized spacial score (nSPS) is 12.6. The number of carbonyl (C=O) groups is 1. The van der Waals surface area contributed by atoms with Crippen LogP contribution in [0, 0.1) is 5.82 Å². The Labute approximate surface area is 178 Å². The first-order valence-corrected chi connectivity index (χ1v) is 10.4. The number of hydrogen-bond acceptors (Lipinski definition) is 2. The maximum Gasteiger partial charge on any atom is 0.273 e. The fourth-order valence-electron chi connectivity index (χ4n) is 3.18. The van der Waals surface area contributed by atoms with E-state index in [9.17, 15) is 9.18 Å². The van der Waals surface area contributed by atoms with Crippen molar-refractivity contribution in [3.8, 4) is 0 Å². The minimum absolute atomic E-state index is 0.193. The molecule has 0 radical (unpaired) electrons.